The van der Waals surface area contributed by atoms with Crippen molar-refractivity contribution in [1.29, 1.82) is 0 Å². The topological polar surface area (TPSA) is 35.9 Å². The number of ether oxygens (including phenoxy) is 1. The summed E-state index contributed by atoms with van der Waals surface area (Å²) in [6.45, 7) is 24.8. The van der Waals surface area contributed by atoms with E-state index in [0.29, 0.717) is 11.5 Å². The molecule has 68 heavy (non-hydrogen) atoms. The van der Waals surface area contributed by atoms with Crippen LogP contribution in [0.15, 0.2) is 134 Å². The number of fused-ring (bicyclic) bond motifs is 5. The minimum atomic E-state index is -0.271. The molecular formula is C61H55BN4OPt-2. The molecule has 340 valence electrons. The number of aryl methyl sites for hydroxylation is 6. The predicted molar refractivity (Wildman–Crippen MR) is 277 cm³/mol. The number of nitrogens with zero attached hydrogens (tertiary/aromatic N) is 4. The van der Waals surface area contributed by atoms with E-state index in [-0.39, 0.29) is 38.6 Å². The van der Waals surface area contributed by atoms with Crippen molar-refractivity contribution in [3.8, 4) is 28.7 Å². The average molecular weight is 1070 g/mol. The molecule has 11 rings (SSSR count). The zero-order valence-corrected chi connectivity index (χ0v) is 43.1. The third kappa shape index (κ3) is 7.35. The van der Waals surface area contributed by atoms with Gasteiger partial charge in [0.2, 0.25) is 6.71 Å². The van der Waals surface area contributed by atoms with E-state index in [4.69, 9.17) is 9.72 Å². The summed E-state index contributed by atoms with van der Waals surface area (Å²) in [4.78, 5) is 5.04. The van der Waals surface area contributed by atoms with Gasteiger partial charge >= 0.3 is 0 Å². The zero-order valence-electron chi connectivity index (χ0n) is 40.8. The van der Waals surface area contributed by atoms with Crippen molar-refractivity contribution in [2.24, 2.45) is 0 Å². The molecule has 3 aromatic heterocycles. The number of benzene rings is 7. The summed E-state index contributed by atoms with van der Waals surface area (Å²) in [5.74, 6) is 2.06. The van der Waals surface area contributed by atoms with Gasteiger partial charge in [-0.1, -0.05) is 163 Å². The molecule has 1 aliphatic rings. The number of pyridine rings is 1. The molecule has 7 heteroatoms. The fraction of sp³-hybridized carbons (Fsp3) is 0.213. The van der Waals surface area contributed by atoms with Gasteiger partial charge in [0.05, 0.1) is 16.7 Å². The van der Waals surface area contributed by atoms with Crippen LogP contribution < -0.4 is 25.7 Å². The Morgan fingerprint density at radius 2 is 1.29 bits per heavy atom. The number of aromatic nitrogens is 4. The van der Waals surface area contributed by atoms with Crippen LogP contribution in [0, 0.1) is 60.0 Å². The maximum Gasteiger partial charge on any atom is 0.268 e. The number of hydrogen-bond donors (Lipinski definition) is 0. The summed E-state index contributed by atoms with van der Waals surface area (Å²) in [6, 6.07) is 53.7. The summed E-state index contributed by atoms with van der Waals surface area (Å²) in [7, 11) is 0. The Balaban J connectivity index is 0.00000539. The first-order valence-corrected chi connectivity index (χ1v) is 23.5. The molecule has 0 saturated carbocycles. The fourth-order valence-electron chi connectivity index (χ4n) is 11.3. The Hall–Kier alpha value is -6.49. The summed E-state index contributed by atoms with van der Waals surface area (Å²) in [5.41, 5.74) is 21.3. The molecule has 0 radical (unpaired) electrons. The zero-order chi connectivity index (χ0) is 46.7. The molecule has 10 aromatic rings. The van der Waals surface area contributed by atoms with E-state index in [2.05, 4.69) is 218 Å². The van der Waals surface area contributed by atoms with E-state index in [1.807, 2.05) is 24.4 Å². The van der Waals surface area contributed by atoms with Crippen molar-refractivity contribution in [1.82, 2.24) is 14.1 Å². The molecule has 0 N–H and O–H groups in total. The van der Waals surface area contributed by atoms with Gasteiger partial charge in [-0.05, 0) is 105 Å². The molecule has 1 aliphatic heterocycles. The smallest absolute Gasteiger partial charge is 0.268 e. The number of para-hydroxylation sites is 2. The van der Waals surface area contributed by atoms with Gasteiger partial charge in [-0.2, -0.15) is 12.1 Å². The minimum Gasteiger partial charge on any atom is -0.510 e. The molecule has 0 atom stereocenters. The summed E-state index contributed by atoms with van der Waals surface area (Å²) < 4.78 is 13.4. The first-order valence-electron chi connectivity index (χ1n) is 23.5. The van der Waals surface area contributed by atoms with Crippen LogP contribution in [0.5, 0.6) is 11.5 Å². The van der Waals surface area contributed by atoms with Crippen molar-refractivity contribution in [3.63, 3.8) is 0 Å². The Labute approximate surface area is 415 Å². The molecule has 0 fully saturated rings. The van der Waals surface area contributed by atoms with E-state index < -0.39 is 0 Å². The average Bonchev–Trinajstić information content (AvgIpc) is 3.83. The predicted octanol–water partition coefficient (Wildman–Crippen LogP) is 11.9. The Kier molecular flexibility index (Phi) is 11.1. The third-order valence-corrected chi connectivity index (χ3v) is 14.3. The SMILES string of the molecule is Cc1cc(C)c(B(c2ccc3c(c2)c2ccc(Oc4[c-]c5c(cc4)C(C)(C)c4cccc6c4n-5[c-][n+]6-c4ccccc4)[c-]c2n3-c2cc(C(C)(C)C)ccn2)c2c(C)cc(C)cc2C)c(C)c1.[Pt]. The van der Waals surface area contributed by atoms with E-state index in [1.54, 1.807) is 0 Å². The van der Waals surface area contributed by atoms with Crippen LogP contribution in [-0.4, -0.2) is 20.8 Å². The standard InChI is InChI=1S/C61H55BN4O.Pt/c1-37-28-39(3)57(40(4)29-37)62(58-41(5)30-38(2)31-42(58)6)44-20-25-52-49(33-44)48-23-21-46(34-54(48)66(52)56-32-43(26-27-63-56)60(7,8)9)67-47-22-24-50-55(35-47)65-36-64(45-16-13-12-14-17-45)53-19-15-18-51(59(53)65)61(50,10)11;/h12-33H,1-11H3;/q-2;. The minimum absolute atomic E-state index is 0. The molecule has 4 heterocycles. The molecule has 7 aromatic carbocycles. The van der Waals surface area contributed by atoms with Crippen molar-refractivity contribution in [2.75, 3.05) is 0 Å². The maximum atomic E-state index is 6.83. The third-order valence-electron chi connectivity index (χ3n) is 14.3. The van der Waals surface area contributed by atoms with E-state index in [1.165, 1.54) is 60.9 Å². The molecular weight excluding hydrogens is 1010 g/mol. The Morgan fingerprint density at radius 1 is 0.647 bits per heavy atom. The first-order chi connectivity index (χ1) is 32.1. The maximum absolute atomic E-state index is 6.83. The van der Waals surface area contributed by atoms with Gasteiger partial charge in [0.1, 0.15) is 5.82 Å². The van der Waals surface area contributed by atoms with E-state index in [0.717, 1.165) is 55.6 Å². The molecule has 0 spiro atoms. The monoisotopic (exact) mass is 1070 g/mol. The molecule has 5 nitrogen and oxygen atoms in total. The van der Waals surface area contributed by atoms with Gasteiger partial charge in [0, 0.05) is 44.3 Å². The normalized spacial score (nSPS) is 12.9. The second-order valence-corrected chi connectivity index (χ2v) is 20.5. The van der Waals surface area contributed by atoms with Crippen molar-refractivity contribution in [2.45, 2.75) is 87.0 Å². The largest absolute Gasteiger partial charge is 0.510 e. The van der Waals surface area contributed by atoms with Gasteiger partial charge < -0.3 is 13.9 Å². The van der Waals surface area contributed by atoms with Crippen molar-refractivity contribution < 1.29 is 30.4 Å². The summed E-state index contributed by atoms with van der Waals surface area (Å²) in [5, 5.41) is 2.23. The number of imidazole rings is 1. The number of hydrogen-bond acceptors (Lipinski definition) is 2. The molecule has 0 unspecified atom stereocenters. The van der Waals surface area contributed by atoms with E-state index >= 15 is 0 Å². The van der Waals surface area contributed by atoms with Crippen LogP contribution in [0.1, 0.15) is 84.7 Å². The second-order valence-electron chi connectivity index (χ2n) is 20.5. The van der Waals surface area contributed by atoms with Crippen molar-refractivity contribution >= 4 is 55.9 Å². The molecule has 0 saturated heterocycles. The van der Waals surface area contributed by atoms with Crippen LogP contribution in [0.2, 0.25) is 0 Å². The second kappa shape index (κ2) is 16.6. The van der Waals surface area contributed by atoms with Gasteiger partial charge in [-0.15, -0.1) is 35.2 Å². The van der Waals surface area contributed by atoms with Gasteiger partial charge in [-0.25, -0.2) is 4.98 Å². The van der Waals surface area contributed by atoms with Crippen LogP contribution in [0.25, 0.3) is 50.0 Å². The van der Waals surface area contributed by atoms with Gasteiger partial charge in [-0.3, -0.25) is 4.57 Å². The Bertz CT molecular complexity index is 3550. The fourth-order valence-corrected chi connectivity index (χ4v) is 11.3. The molecule has 0 bridgehead atoms. The molecule has 0 amide bonds. The van der Waals surface area contributed by atoms with Crippen LogP contribution in [0.3, 0.4) is 0 Å². The van der Waals surface area contributed by atoms with Crippen LogP contribution in [0.4, 0.5) is 0 Å². The Morgan fingerprint density at radius 3 is 1.96 bits per heavy atom. The van der Waals surface area contributed by atoms with Crippen molar-refractivity contribution in [3.05, 3.63) is 202 Å². The van der Waals surface area contributed by atoms with E-state index in [9.17, 15) is 0 Å². The number of rotatable bonds is 7. The quantitative estimate of drug-likeness (QED) is 0.0906. The first kappa shape index (κ1) is 45.3. The van der Waals surface area contributed by atoms with Crippen LogP contribution in [-0.2, 0) is 31.9 Å². The molecule has 0 aliphatic carbocycles. The summed E-state index contributed by atoms with van der Waals surface area (Å²) in [6.07, 6.45) is 5.62. The van der Waals surface area contributed by atoms with Crippen LogP contribution >= 0.6 is 0 Å². The van der Waals surface area contributed by atoms with Gasteiger partial charge in [0.25, 0.3) is 6.33 Å². The van der Waals surface area contributed by atoms with Gasteiger partial charge in [0.15, 0.2) is 0 Å². The summed E-state index contributed by atoms with van der Waals surface area (Å²) >= 11 is 0.